The van der Waals surface area contributed by atoms with Gasteiger partial charge in [0, 0.05) is 0 Å². The third kappa shape index (κ3) is 1.73. The number of benzene rings is 1. The molecule has 4 N–H and O–H groups in total. The number of aliphatic hydroxyl groups excluding tert-OH is 1. The van der Waals surface area contributed by atoms with Gasteiger partial charge in [-0.05, 0) is 5.56 Å². The van der Waals surface area contributed by atoms with Crippen LogP contribution in [-0.4, -0.2) is 16.1 Å². The molecule has 64 valence electrons. The van der Waals surface area contributed by atoms with Gasteiger partial charge in [0.2, 0.25) is 0 Å². The summed E-state index contributed by atoms with van der Waals surface area (Å²) < 4.78 is 0. The molecule has 1 aromatic rings. The summed E-state index contributed by atoms with van der Waals surface area (Å²) in [6.07, 6.45) is -1.03. The summed E-state index contributed by atoms with van der Waals surface area (Å²) in [5.41, 5.74) is 5.80. The Kier molecular flexibility index (Phi) is 2.66. The van der Waals surface area contributed by atoms with Gasteiger partial charge < -0.3 is 16.0 Å². The highest BCUT2D eigenvalue weighted by molar-refractivity contribution is 5.85. The summed E-state index contributed by atoms with van der Waals surface area (Å²) in [6, 6.07) is 8.75. The van der Waals surface area contributed by atoms with Crippen LogP contribution in [-0.2, 0) is 0 Å². The predicted molar refractivity (Wildman–Crippen MR) is 44.8 cm³/mol. The van der Waals surface area contributed by atoms with E-state index in [-0.39, 0.29) is 5.84 Å². The monoisotopic (exact) mass is 166 g/mol. The molecule has 0 saturated heterocycles. The van der Waals surface area contributed by atoms with Gasteiger partial charge in [0.25, 0.3) is 0 Å². The summed E-state index contributed by atoms with van der Waals surface area (Å²) in [5, 5.41) is 20.4. The average Bonchev–Trinajstić information content (AvgIpc) is 2.17. The molecule has 0 aromatic heterocycles. The van der Waals surface area contributed by atoms with E-state index in [0.29, 0.717) is 5.56 Å². The van der Waals surface area contributed by atoms with Gasteiger partial charge in [0.05, 0.1) is 0 Å². The predicted octanol–water partition coefficient (Wildman–Crippen LogP) is 0.466. The number of rotatable bonds is 2. The van der Waals surface area contributed by atoms with Gasteiger partial charge in [-0.3, -0.25) is 0 Å². The Hall–Kier alpha value is -1.55. The molecule has 1 atom stereocenters. The van der Waals surface area contributed by atoms with Gasteiger partial charge >= 0.3 is 0 Å². The van der Waals surface area contributed by atoms with Crippen molar-refractivity contribution in [3.63, 3.8) is 0 Å². The highest BCUT2D eigenvalue weighted by Crippen LogP contribution is 2.11. The zero-order chi connectivity index (χ0) is 8.97. The first-order valence-corrected chi connectivity index (χ1v) is 3.46. The van der Waals surface area contributed by atoms with Crippen molar-refractivity contribution in [2.45, 2.75) is 6.10 Å². The SMILES string of the molecule is N/C(=N/O)[C@@H](O)c1ccccc1. The second-order valence-electron chi connectivity index (χ2n) is 2.34. The van der Waals surface area contributed by atoms with Crippen LogP contribution >= 0.6 is 0 Å². The molecule has 0 aliphatic heterocycles. The van der Waals surface area contributed by atoms with Crippen LogP contribution in [0.5, 0.6) is 0 Å². The number of nitrogens with two attached hydrogens (primary N) is 1. The van der Waals surface area contributed by atoms with Crippen molar-refractivity contribution < 1.29 is 10.3 Å². The number of hydrogen-bond acceptors (Lipinski definition) is 3. The lowest BCUT2D eigenvalue weighted by Gasteiger charge is -2.07. The van der Waals surface area contributed by atoms with Gasteiger partial charge in [-0.25, -0.2) is 0 Å². The fourth-order valence-corrected chi connectivity index (χ4v) is 0.861. The number of oxime groups is 1. The minimum absolute atomic E-state index is 0.207. The molecule has 0 saturated carbocycles. The van der Waals surface area contributed by atoms with Crippen molar-refractivity contribution in [3.8, 4) is 0 Å². The molecular formula is C8H10N2O2. The largest absolute Gasteiger partial charge is 0.409 e. The Balaban J connectivity index is 2.86. The quantitative estimate of drug-likeness (QED) is 0.258. The van der Waals surface area contributed by atoms with Crippen LogP contribution in [0.4, 0.5) is 0 Å². The van der Waals surface area contributed by atoms with Crippen molar-refractivity contribution in [3.05, 3.63) is 35.9 Å². The molecule has 0 aliphatic carbocycles. The summed E-state index contributed by atoms with van der Waals surface area (Å²) in [7, 11) is 0. The van der Waals surface area contributed by atoms with Gasteiger partial charge in [-0.15, -0.1) is 0 Å². The molecule has 12 heavy (non-hydrogen) atoms. The van der Waals surface area contributed by atoms with Crippen LogP contribution < -0.4 is 5.73 Å². The Morgan fingerprint density at radius 1 is 1.33 bits per heavy atom. The standard InChI is InChI=1S/C8H10N2O2/c9-8(10-12)7(11)6-4-2-1-3-5-6/h1-5,7,11-12H,(H2,9,10)/t7-/m0/s1. The third-order valence-corrected chi connectivity index (χ3v) is 1.51. The van der Waals surface area contributed by atoms with Crippen LogP contribution in [0.1, 0.15) is 11.7 Å². The maximum atomic E-state index is 9.37. The van der Waals surface area contributed by atoms with Crippen molar-refractivity contribution in [2.24, 2.45) is 10.9 Å². The minimum Gasteiger partial charge on any atom is -0.409 e. The van der Waals surface area contributed by atoms with Gasteiger partial charge in [-0.2, -0.15) is 0 Å². The maximum absolute atomic E-state index is 9.37. The highest BCUT2D eigenvalue weighted by Gasteiger charge is 2.10. The molecule has 4 heteroatoms. The molecule has 0 radical (unpaired) electrons. The number of nitrogens with zero attached hydrogens (tertiary/aromatic N) is 1. The molecule has 0 heterocycles. The van der Waals surface area contributed by atoms with Crippen LogP contribution in [0.15, 0.2) is 35.5 Å². The second-order valence-corrected chi connectivity index (χ2v) is 2.34. The zero-order valence-electron chi connectivity index (χ0n) is 6.38. The molecule has 0 unspecified atom stereocenters. The molecule has 1 aromatic carbocycles. The van der Waals surface area contributed by atoms with Crippen molar-refractivity contribution in [1.82, 2.24) is 0 Å². The number of aliphatic hydroxyl groups is 1. The van der Waals surface area contributed by atoms with E-state index in [2.05, 4.69) is 5.16 Å². The Morgan fingerprint density at radius 3 is 2.42 bits per heavy atom. The van der Waals surface area contributed by atoms with Gasteiger partial charge in [0.15, 0.2) is 5.84 Å². The van der Waals surface area contributed by atoms with E-state index < -0.39 is 6.10 Å². The molecule has 0 bridgehead atoms. The summed E-state index contributed by atoms with van der Waals surface area (Å²) in [4.78, 5) is 0. The first-order chi connectivity index (χ1) is 5.75. The summed E-state index contributed by atoms with van der Waals surface area (Å²) >= 11 is 0. The molecule has 1 rings (SSSR count). The average molecular weight is 166 g/mol. The highest BCUT2D eigenvalue weighted by atomic mass is 16.4. The number of amidine groups is 1. The van der Waals surface area contributed by atoms with Crippen molar-refractivity contribution >= 4 is 5.84 Å². The normalized spacial score (nSPS) is 14.2. The lowest BCUT2D eigenvalue weighted by Crippen LogP contribution is -2.21. The maximum Gasteiger partial charge on any atom is 0.172 e. The van der Waals surface area contributed by atoms with Crippen LogP contribution in [0, 0.1) is 0 Å². The zero-order valence-corrected chi connectivity index (χ0v) is 6.38. The lowest BCUT2D eigenvalue weighted by atomic mass is 10.1. The van der Waals surface area contributed by atoms with Gasteiger partial charge in [-0.1, -0.05) is 35.5 Å². The molecular weight excluding hydrogens is 156 g/mol. The number of hydrogen-bond donors (Lipinski definition) is 3. The van der Waals surface area contributed by atoms with Crippen LogP contribution in [0.3, 0.4) is 0 Å². The van der Waals surface area contributed by atoms with E-state index in [0.717, 1.165) is 0 Å². The topological polar surface area (TPSA) is 78.8 Å². The van der Waals surface area contributed by atoms with Crippen LogP contribution in [0.2, 0.25) is 0 Å². The van der Waals surface area contributed by atoms with E-state index in [1.54, 1.807) is 24.3 Å². The minimum atomic E-state index is -1.03. The first-order valence-electron chi connectivity index (χ1n) is 3.46. The first kappa shape index (κ1) is 8.55. The molecule has 0 spiro atoms. The molecule has 0 amide bonds. The second kappa shape index (κ2) is 3.73. The van der Waals surface area contributed by atoms with Crippen LogP contribution in [0.25, 0.3) is 0 Å². The molecule has 0 fully saturated rings. The molecule has 4 nitrogen and oxygen atoms in total. The third-order valence-electron chi connectivity index (χ3n) is 1.51. The Labute approximate surface area is 69.9 Å². The molecule has 0 aliphatic rings. The smallest absolute Gasteiger partial charge is 0.172 e. The Morgan fingerprint density at radius 2 is 1.92 bits per heavy atom. The van der Waals surface area contributed by atoms with Crippen molar-refractivity contribution in [2.75, 3.05) is 0 Å². The van der Waals surface area contributed by atoms with E-state index in [1.807, 2.05) is 6.07 Å². The summed E-state index contributed by atoms with van der Waals surface area (Å²) in [5.74, 6) is -0.207. The Bertz CT molecular complexity index is 272. The van der Waals surface area contributed by atoms with E-state index in [9.17, 15) is 5.11 Å². The fraction of sp³-hybridized carbons (Fsp3) is 0.125. The van der Waals surface area contributed by atoms with E-state index >= 15 is 0 Å². The van der Waals surface area contributed by atoms with Gasteiger partial charge in [0.1, 0.15) is 6.10 Å². The fourth-order valence-electron chi connectivity index (χ4n) is 0.861. The van der Waals surface area contributed by atoms with E-state index in [4.69, 9.17) is 10.9 Å². The van der Waals surface area contributed by atoms with Crippen molar-refractivity contribution in [1.29, 1.82) is 0 Å². The lowest BCUT2D eigenvalue weighted by molar-refractivity contribution is 0.233. The summed E-state index contributed by atoms with van der Waals surface area (Å²) in [6.45, 7) is 0. The van der Waals surface area contributed by atoms with E-state index in [1.165, 1.54) is 0 Å².